The lowest BCUT2D eigenvalue weighted by atomic mass is 10.2. The van der Waals surface area contributed by atoms with Gasteiger partial charge in [-0.1, -0.05) is 30.5 Å². The van der Waals surface area contributed by atoms with Crippen LogP contribution in [0.4, 0.5) is 0 Å². The first-order valence-electron chi connectivity index (χ1n) is 7.51. The first-order chi connectivity index (χ1) is 9.97. The SMILES string of the molecule is Cc1ccc(S(=O)(=O)CC(=O)CN2CCCCCC2)cc1. The van der Waals surface area contributed by atoms with Gasteiger partial charge in [-0.05, 0) is 45.0 Å². The molecule has 0 aromatic heterocycles. The highest BCUT2D eigenvalue weighted by Gasteiger charge is 2.21. The van der Waals surface area contributed by atoms with E-state index in [1.54, 1.807) is 24.3 Å². The van der Waals surface area contributed by atoms with Gasteiger partial charge in [0.1, 0.15) is 5.75 Å². The fourth-order valence-corrected chi connectivity index (χ4v) is 3.86. The molecule has 5 heteroatoms. The van der Waals surface area contributed by atoms with Crippen LogP contribution in [0.3, 0.4) is 0 Å². The smallest absolute Gasteiger partial charge is 0.185 e. The Kier molecular flexibility index (Phi) is 5.53. The van der Waals surface area contributed by atoms with Crippen molar-refractivity contribution in [2.45, 2.75) is 37.5 Å². The van der Waals surface area contributed by atoms with Gasteiger partial charge in [-0.25, -0.2) is 8.42 Å². The van der Waals surface area contributed by atoms with E-state index >= 15 is 0 Å². The molecular formula is C16H23NO3S. The van der Waals surface area contributed by atoms with Crippen LogP contribution >= 0.6 is 0 Å². The van der Waals surface area contributed by atoms with Crippen LogP contribution in [0.5, 0.6) is 0 Å². The predicted molar refractivity (Wildman–Crippen MR) is 83.1 cm³/mol. The molecule has 116 valence electrons. The molecule has 1 aromatic carbocycles. The second kappa shape index (κ2) is 7.18. The zero-order valence-electron chi connectivity index (χ0n) is 12.5. The van der Waals surface area contributed by atoms with Crippen LogP contribution in [0, 0.1) is 6.92 Å². The number of hydrogen-bond acceptors (Lipinski definition) is 4. The lowest BCUT2D eigenvalue weighted by Crippen LogP contribution is -2.33. The van der Waals surface area contributed by atoms with Gasteiger partial charge in [-0.15, -0.1) is 0 Å². The summed E-state index contributed by atoms with van der Waals surface area (Å²) >= 11 is 0. The molecule has 0 atom stereocenters. The lowest BCUT2D eigenvalue weighted by molar-refractivity contribution is -0.117. The van der Waals surface area contributed by atoms with E-state index < -0.39 is 15.6 Å². The summed E-state index contributed by atoms with van der Waals surface area (Å²) in [4.78, 5) is 14.4. The second-order valence-corrected chi connectivity index (χ2v) is 7.79. The largest absolute Gasteiger partial charge is 0.297 e. The summed E-state index contributed by atoms with van der Waals surface area (Å²) < 4.78 is 24.4. The third-order valence-electron chi connectivity index (χ3n) is 3.83. The van der Waals surface area contributed by atoms with E-state index in [0.29, 0.717) is 0 Å². The van der Waals surface area contributed by atoms with E-state index in [0.717, 1.165) is 31.5 Å². The molecule has 0 N–H and O–H groups in total. The minimum atomic E-state index is -3.51. The maximum absolute atomic E-state index is 12.2. The lowest BCUT2D eigenvalue weighted by Gasteiger charge is -2.18. The molecule has 1 fully saturated rings. The fraction of sp³-hybridized carbons (Fsp3) is 0.562. The van der Waals surface area contributed by atoms with Crippen LogP contribution in [0.15, 0.2) is 29.2 Å². The number of ketones is 1. The van der Waals surface area contributed by atoms with E-state index in [2.05, 4.69) is 4.90 Å². The van der Waals surface area contributed by atoms with Gasteiger partial charge < -0.3 is 0 Å². The molecule has 0 saturated carbocycles. The van der Waals surface area contributed by atoms with Gasteiger partial charge >= 0.3 is 0 Å². The van der Waals surface area contributed by atoms with Crippen molar-refractivity contribution in [3.63, 3.8) is 0 Å². The normalized spacial score (nSPS) is 17.4. The van der Waals surface area contributed by atoms with E-state index in [4.69, 9.17) is 0 Å². The summed E-state index contributed by atoms with van der Waals surface area (Å²) in [5, 5.41) is 0. The molecule has 0 radical (unpaired) electrons. The maximum Gasteiger partial charge on any atom is 0.185 e. The zero-order valence-corrected chi connectivity index (χ0v) is 13.4. The standard InChI is InChI=1S/C16H23NO3S/c1-14-6-8-16(9-7-14)21(19,20)13-15(18)12-17-10-4-2-3-5-11-17/h6-9H,2-5,10-13H2,1H3. The molecule has 4 nitrogen and oxygen atoms in total. The molecule has 1 saturated heterocycles. The monoisotopic (exact) mass is 309 g/mol. The minimum absolute atomic E-state index is 0.211. The Hall–Kier alpha value is -1.20. The van der Waals surface area contributed by atoms with Gasteiger partial charge in [0.2, 0.25) is 0 Å². The quantitative estimate of drug-likeness (QED) is 0.837. The number of carbonyl (C=O) groups excluding carboxylic acids is 1. The summed E-state index contributed by atoms with van der Waals surface area (Å²) in [6, 6.07) is 6.66. The van der Waals surface area contributed by atoms with Crippen molar-refractivity contribution in [2.75, 3.05) is 25.4 Å². The first kappa shape index (κ1) is 16.2. The van der Waals surface area contributed by atoms with Crippen LogP contribution in [0.2, 0.25) is 0 Å². The number of likely N-dealkylation sites (tertiary alicyclic amines) is 1. The van der Waals surface area contributed by atoms with Crippen molar-refractivity contribution in [1.29, 1.82) is 0 Å². The molecule has 0 bridgehead atoms. The second-order valence-electron chi connectivity index (χ2n) is 5.80. The van der Waals surface area contributed by atoms with Crippen LogP contribution in [0.25, 0.3) is 0 Å². The van der Waals surface area contributed by atoms with Gasteiger partial charge in [0.15, 0.2) is 15.6 Å². The average molecular weight is 309 g/mol. The molecule has 21 heavy (non-hydrogen) atoms. The molecule has 1 aliphatic rings. The Balaban J connectivity index is 1.96. The predicted octanol–water partition coefficient (Wildman–Crippen LogP) is 2.21. The highest BCUT2D eigenvalue weighted by atomic mass is 32.2. The molecule has 1 aliphatic heterocycles. The summed E-state index contributed by atoms with van der Waals surface area (Å²) in [6.45, 7) is 3.96. The summed E-state index contributed by atoms with van der Waals surface area (Å²) in [5.41, 5.74) is 1.00. The Morgan fingerprint density at radius 3 is 2.19 bits per heavy atom. The van der Waals surface area contributed by atoms with Crippen molar-refractivity contribution in [2.24, 2.45) is 0 Å². The number of benzene rings is 1. The fourth-order valence-electron chi connectivity index (χ4n) is 2.63. The van der Waals surface area contributed by atoms with Crippen LogP contribution in [0.1, 0.15) is 31.2 Å². The Bertz CT molecular complexity index is 570. The third kappa shape index (κ3) is 4.93. The Morgan fingerprint density at radius 1 is 1.05 bits per heavy atom. The molecule has 1 heterocycles. The van der Waals surface area contributed by atoms with E-state index in [1.165, 1.54) is 12.8 Å². The van der Waals surface area contributed by atoms with Crippen molar-refractivity contribution in [1.82, 2.24) is 4.90 Å². The Labute approximate surface area is 127 Å². The molecule has 2 rings (SSSR count). The van der Waals surface area contributed by atoms with Gasteiger partial charge in [-0.2, -0.15) is 0 Å². The molecule has 1 aromatic rings. The number of rotatable bonds is 5. The molecular weight excluding hydrogens is 286 g/mol. The van der Waals surface area contributed by atoms with Crippen molar-refractivity contribution in [3.05, 3.63) is 29.8 Å². The third-order valence-corrected chi connectivity index (χ3v) is 5.52. The summed E-state index contributed by atoms with van der Waals surface area (Å²) in [5.74, 6) is -0.607. The summed E-state index contributed by atoms with van der Waals surface area (Å²) in [7, 11) is -3.51. The van der Waals surface area contributed by atoms with Gasteiger partial charge in [0.25, 0.3) is 0 Å². The number of hydrogen-bond donors (Lipinski definition) is 0. The molecule has 0 unspecified atom stereocenters. The van der Waals surface area contributed by atoms with Gasteiger partial charge in [-0.3, -0.25) is 9.69 Å². The van der Waals surface area contributed by atoms with Crippen molar-refractivity contribution >= 4 is 15.6 Å². The van der Waals surface area contributed by atoms with Crippen LogP contribution < -0.4 is 0 Å². The first-order valence-corrected chi connectivity index (χ1v) is 9.16. The average Bonchev–Trinajstić information content (AvgIpc) is 2.67. The maximum atomic E-state index is 12.2. The zero-order chi connectivity index (χ0) is 15.3. The van der Waals surface area contributed by atoms with E-state index in [1.807, 2.05) is 6.92 Å². The minimum Gasteiger partial charge on any atom is -0.297 e. The Morgan fingerprint density at radius 2 is 1.62 bits per heavy atom. The van der Waals surface area contributed by atoms with E-state index in [9.17, 15) is 13.2 Å². The van der Waals surface area contributed by atoms with Crippen LogP contribution in [-0.4, -0.2) is 44.5 Å². The molecule has 0 aliphatic carbocycles. The number of Topliss-reactive ketones (excluding diaryl/α,β-unsaturated/α-hetero) is 1. The van der Waals surface area contributed by atoms with Crippen LogP contribution in [-0.2, 0) is 14.6 Å². The number of carbonyl (C=O) groups is 1. The van der Waals surface area contributed by atoms with Gasteiger partial charge in [0.05, 0.1) is 11.4 Å². The van der Waals surface area contributed by atoms with Crippen molar-refractivity contribution < 1.29 is 13.2 Å². The number of nitrogens with zero attached hydrogens (tertiary/aromatic N) is 1. The molecule has 0 amide bonds. The number of aryl methyl sites for hydroxylation is 1. The van der Waals surface area contributed by atoms with Gasteiger partial charge in [0, 0.05) is 0 Å². The number of sulfone groups is 1. The summed E-state index contributed by atoms with van der Waals surface area (Å²) in [6.07, 6.45) is 4.59. The topological polar surface area (TPSA) is 54.5 Å². The highest BCUT2D eigenvalue weighted by Crippen LogP contribution is 2.13. The van der Waals surface area contributed by atoms with E-state index in [-0.39, 0.29) is 17.2 Å². The highest BCUT2D eigenvalue weighted by molar-refractivity contribution is 7.92. The van der Waals surface area contributed by atoms with Crippen molar-refractivity contribution in [3.8, 4) is 0 Å². The molecule has 0 spiro atoms.